The average molecular weight is 271 g/mol. The van der Waals surface area contributed by atoms with E-state index >= 15 is 0 Å². The molecule has 1 aliphatic rings. The summed E-state index contributed by atoms with van der Waals surface area (Å²) in [5, 5.41) is 5.86. The topological polar surface area (TPSA) is 53.6 Å². The first kappa shape index (κ1) is 16.2. The Labute approximate surface area is 117 Å². The van der Waals surface area contributed by atoms with Crippen LogP contribution in [0.25, 0.3) is 0 Å². The van der Waals surface area contributed by atoms with Gasteiger partial charge in [-0.15, -0.1) is 0 Å². The van der Waals surface area contributed by atoms with E-state index < -0.39 is 0 Å². The van der Waals surface area contributed by atoms with Crippen molar-refractivity contribution in [3.8, 4) is 0 Å². The van der Waals surface area contributed by atoms with E-state index in [9.17, 15) is 4.79 Å². The van der Waals surface area contributed by atoms with Crippen LogP contribution in [0, 0.1) is 5.92 Å². The molecule has 5 nitrogen and oxygen atoms in total. The zero-order valence-corrected chi connectivity index (χ0v) is 12.6. The SMILES string of the molecule is CCNC(=O)N[C@H]1CCN(CCCOCC)C[C@@H]1C. The van der Waals surface area contributed by atoms with Gasteiger partial charge in [-0.25, -0.2) is 4.79 Å². The third kappa shape index (κ3) is 6.25. The van der Waals surface area contributed by atoms with E-state index in [1.807, 2.05) is 13.8 Å². The predicted molar refractivity (Wildman–Crippen MR) is 77.3 cm³/mol. The van der Waals surface area contributed by atoms with E-state index in [0.29, 0.717) is 18.5 Å². The fraction of sp³-hybridized carbons (Fsp3) is 0.929. The summed E-state index contributed by atoms with van der Waals surface area (Å²) in [6, 6.07) is 0.263. The molecule has 0 bridgehead atoms. The fourth-order valence-corrected chi connectivity index (χ4v) is 2.56. The molecule has 19 heavy (non-hydrogen) atoms. The van der Waals surface area contributed by atoms with Gasteiger partial charge in [0.25, 0.3) is 0 Å². The molecule has 2 atom stereocenters. The summed E-state index contributed by atoms with van der Waals surface area (Å²) < 4.78 is 5.36. The van der Waals surface area contributed by atoms with Crippen LogP contribution in [0.1, 0.15) is 33.6 Å². The maximum absolute atomic E-state index is 11.5. The first-order valence-electron chi connectivity index (χ1n) is 7.51. The number of amides is 2. The number of nitrogens with zero attached hydrogens (tertiary/aromatic N) is 1. The molecule has 112 valence electrons. The van der Waals surface area contributed by atoms with Crippen molar-refractivity contribution >= 4 is 6.03 Å². The minimum absolute atomic E-state index is 0.0378. The monoisotopic (exact) mass is 271 g/mol. The highest BCUT2D eigenvalue weighted by Gasteiger charge is 2.26. The standard InChI is InChI=1S/C14H29N3O2/c1-4-15-14(18)16-13-7-9-17(11-12(13)3)8-6-10-19-5-2/h12-13H,4-11H2,1-3H3,(H2,15,16,18)/t12-,13-/m0/s1. The van der Waals surface area contributed by atoms with Crippen molar-refractivity contribution in [3.63, 3.8) is 0 Å². The van der Waals surface area contributed by atoms with Crippen molar-refractivity contribution in [1.82, 2.24) is 15.5 Å². The van der Waals surface area contributed by atoms with Crippen LogP contribution >= 0.6 is 0 Å². The van der Waals surface area contributed by atoms with Gasteiger partial charge in [-0.05, 0) is 32.6 Å². The zero-order valence-electron chi connectivity index (χ0n) is 12.6. The highest BCUT2D eigenvalue weighted by Crippen LogP contribution is 2.16. The summed E-state index contributed by atoms with van der Waals surface area (Å²) in [6.07, 6.45) is 2.13. The second-order valence-corrected chi connectivity index (χ2v) is 5.23. The lowest BCUT2D eigenvalue weighted by Gasteiger charge is -2.37. The third-order valence-electron chi connectivity index (χ3n) is 3.61. The molecule has 0 radical (unpaired) electrons. The molecule has 2 amide bonds. The first-order chi connectivity index (χ1) is 9.17. The van der Waals surface area contributed by atoms with Crippen molar-refractivity contribution in [2.75, 3.05) is 39.4 Å². The molecule has 0 aromatic carbocycles. The van der Waals surface area contributed by atoms with E-state index in [1.165, 1.54) is 0 Å². The van der Waals surface area contributed by atoms with Crippen molar-refractivity contribution < 1.29 is 9.53 Å². The zero-order chi connectivity index (χ0) is 14.1. The predicted octanol–water partition coefficient (Wildman–Crippen LogP) is 1.44. The summed E-state index contributed by atoms with van der Waals surface area (Å²) in [4.78, 5) is 14.0. The molecule has 0 unspecified atom stereocenters. The largest absolute Gasteiger partial charge is 0.382 e. The maximum atomic E-state index is 11.5. The third-order valence-corrected chi connectivity index (χ3v) is 3.61. The second kappa shape index (κ2) is 9.15. The van der Waals surface area contributed by atoms with Gasteiger partial charge >= 0.3 is 6.03 Å². The molecule has 0 aromatic heterocycles. The molecule has 0 aliphatic carbocycles. The number of hydrogen-bond donors (Lipinski definition) is 2. The van der Waals surface area contributed by atoms with Crippen LogP contribution < -0.4 is 10.6 Å². The molecule has 1 fully saturated rings. The van der Waals surface area contributed by atoms with Gasteiger partial charge in [-0.2, -0.15) is 0 Å². The number of urea groups is 1. The van der Waals surface area contributed by atoms with E-state index in [-0.39, 0.29) is 6.03 Å². The first-order valence-corrected chi connectivity index (χ1v) is 7.51. The van der Waals surface area contributed by atoms with Crippen molar-refractivity contribution in [2.45, 2.75) is 39.7 Å². The number of carbonyl (C=O) groups excluding carboxylic acids is 1. The van der Waals surface area contributed by atoms with Crippen LogP contribution in [-0.4, -0.2) is 56.4 Å². The van der Waals surface area contributed by atoms with E-state index in [0.717, 1.165) is 45.7 Å². The molecule has 0 saturated carbocycles. The molecule has 0 spiro atoms. The quantitative estimate of drug-likeness (QED) is 0.689. The minimum Gasteiger partial charge on any atom is -0.382 e. The number of ether oxygens (including phenoxy) is 1. The molecule has 2 N–H and O–H groups in total. The van der Waals surface area contributed by atoms with Gasteiger partial charge in [0.05, 0.1) is 0 Å². The van der Waals surface area contributed by atoms with Gasteiger partial charge in [0.1, 0.15) is 0 Å². The van der Waals surface area contributed by atoms with Crippen molar-refractivity contribution in [2.24, 2.45) is 5.92 Å². The lowest BCUT2D eigenvalue weighted by molar-refractivity contribution is 0.110. The number of likely N-dealkylation sites (tertiary alicyclic amines) is 1. The highest BCUT2D eigenvalue weighted by atomic mass is 16.5. The summed E-state index contributed by atoms with van der Waals surface area (Å²) in [6.45, 7) is 11.7. The molecule has 1 heterocycles. The highest BCUT2D eigenvalue weighted by molar-refractivity contribution is 5.74. The van der Waals surface area contributed by atoms with Gasteiger partial charge < -0.3 is 20.3 Å². The molecule has 5 heteroatoms. The Kier molecular flexibility index (Phi) is 7.82. The Morgan fingerprint density at radius 3 is 2.84 bits per heavy atom. The maximum Gasteiger partial charge on any atom is 0.315 e. The number of piperidine rings is 1. The Morgan fingerprint density at radius 2 is 2.21 bits per heavy atom. The fourth-order valence-electron chi connectivity index (χ4n) is 2.56. The summed E-state index contributed by atoms with van der Waals surface area (Å²) in [7, 11) is 0. The number of rotatable bonds is 7. The summed E-state index contributed by atoms with van der Waals surface area (Å²) in [5.74, 6) is 0.503. The molecule has 0 aromatic rings. The lowest BCUT2D eigenvalue weighted by Crippen LogP contribution is -2.52. The van der Waals surface area contributed by atoms with Crippen molar-refractivity contribution in [3.05, 3.63) is 0 Å². The summed E-state index contributed by atoms with van der Waals surface area (Å²) in [5.41, 5.74) is 0. The number of carbonyl (C=O) groups is 1. The Morgan fingerprint density at radius 1 is 1.42 bits per heavy atom. The van der Waals surface area contributed by atoms with Crippen molar-refractivity contribution in [1.29, 1.82) is 0 Å². The Hall–Kier alpha value is -0.810. The van der Waals surface area contributed by atoms with Crippen LogP contribution in [0.4, 0.5) is 4.79 Å². The van der Waals surface area contributed by atoms with Crippen LogP contribution in [-0.2, 0) is 4.74 Å². The lowest BCUT2D eigenvalue weighted by atomic mass is 9.94. The van der Waals surface area contributed by atoms with Gasteiger partial charge in [0.15, 0.2) is 0 Å². The number of nitrogens with one attached hydrogen (secondary N) is 2. The van der Waals surface area contributed by atoms with E-state index in [1.54, 1.807) is 0 Å². The molecule has 1 saturated heterocycles. The number of hydrogen-bond acceptors (Lipinski definition) is 3. The average Bonchev–Trinajstić information content (AvgIpc) is 2.38. The van der Waals surface area contributed by atoms with E-state index in [2.05, 4.69) is 22.5 Å². The molecular weight excluding hydrogens is 242 g/mol. The van der Waals surface area contributed by atoms with Crippen LogP contribution in [0.2, 0.25) is 0 Å². The molecule has 1 aliphatic heterocycles. The van der Waals surface area contributed by atoms with Crippen LogP contribution in [0.5, 0.6) is 0 Å². The normalized spacial score (nSPS) is 24.2. The second-order valence-electron chi connectivity index (χ2n) is 5.23. The van der Waals surface area contributed by atoms with E-state index in [4.69, 9.17) is 4.74 Å². The van der Waals surface area contributed by atoms with Gasteiger partial charge in [-0.1, -0.05) is 6.92 Å². The van der Waals surface area contributed by atoms with Crippen LogP contribution in [0.15, 0.2) is 0 Å². The Balaban J connectivity index is 2.21. The van der Waals surface area contributed by atoms with Gasteiger partial charge in [-0.3, -0.25) is 0 Å². The molecular formula is C14H29N3O2. The smallest absolute Gasteiger partial charge is 0.315 e. The minimum atomic E-state index is -0.0378. The molecule has 1 rings (SSSR count). The van der Waals surface area contributed by atoms with Crippen LogP contribution in [0.3, 0.4) is 0 Å². The summed E-state index contributed by atoms with van der Waals surface area (Å²) >= 11 is 0. The van der Waals surface area contributed by atoms with Gasteiger partial charge in [0, 0.05) is 45.4 Å². The Bertz CT molecular complexity index is 261. The van der Waals surface area contributed by atoms with Gasteiger partial charge in [0.2, 0.25) is 0 Å².